The molecule has 0 amide bonds. The van der Waals surface area contributed by atoms with E-state index in [-0.39, 0.29) is 11.4 Å². The Balaban J connectivity index is 3.82. The summed E-state index contributed by atoms with van der Waals surface area (Å²) in [5.74, 6) is -0.169. The van der Waals surface area contributed by atoms with Crippen molar-refractivity contribution in [1.29, 1.82) is 0 Å². The van der Waals surface area contributed by atoms with E-state index in [2.05, 4.69) is 3.32 Å². The van der Waals surface area contributed by atoms with E-state index < -0.39 is 0 Å². The van der Waals surface area contributed by atoms with E-state index in [4.69, 9.17) is 0 Å². The van der Waals surface area contributed by atoms with Crippen LogP contribution in [0.15, 0.2) is 0 Å². The molecule has 0 unspecified atom stereocenters. The second-order valence-electron chi connectivity index (χ2n) is 2.64. The summed E-state index contributed by atoms with van der Waals surface area (Å²) in [6, 6.07) is 0. The van der Waals surface area contributed by atoms with E-state index in [1.54, 1.807) is 0 Å². The van der Waals surface area contributed by atoms with Crippen LogP contribution in [0.4, 0.5) is 0 Å². The second kappa shape index (κ2) is 2.65. The number of carbonyl (C=O) groups is 1. The van der Waals surface area contributed by atoms with Crippen LogP contribution in [0, 0.1) is 5.41 Å². The Bertz CT molecular complexity index is 93.1. The third-order valence-corrected chi connectivity index (χ3v) is 0.995. The van der Waals surface area contributed by atoms with Gasteiger partial charge in [0, 0.05) is 0 Å². The Morgan fingerprint density at radius 3 is 1.88 bits per heavy atom. The minimum absolute atomic E-state index is 0.169. The van der Waals surface area contributed by atoms with Gasteiger partial charge in [-0.15, -0.1) is 0 Å². The van der Waals surface area contributed by atoms with Gasteiger partial charge in [-0.3, -0.25) is 0 Å². The van der Waals surface area contributed by atoms with Gasteiger partial charge in [0.05, 0.1) is 0 Å². The van der Waals surface area contributed by atoms with Crippen molar-refractivity contribution < 1.29 is 28.9 Å². The fourth-order valence-electron chi connectivity index (χ4n) is 0.153. The van der Waals surface area contributed by atoms with Crippen molar-refractivity contribution in [2.24, 2.45) is 5.41 Å². The molecule has 0 aromatic carbocycles. The summed E-state index contributed by atoms with van der Waals surface area (Å²) in [5, 5.41) is 0. The maximum atomic E-state index is 10.6. The molecule has 0 aliphatic heterocycles. The number of rotatable bonds is 0. The molecular formula is C5H9O2Ti. The van der Waals surface area contributed by atoms with Crippen molar-refractivity contribution in [2.75, 3.05) is 0 Å². The predicted octanol–water partition coefficient (Wildman–Crippen LogP) is 1.04. The average Bonchev–Trinajstić information content (AvgIpc) is 1.62. The SMILES string of the molecule is CC(C)(C)C(=O)[O][Ti]. The summed E-state index contributed by atoms with van der Waals surface area (Å²) in [6.07, 6.45) is 0. The maximum absolute atomic E-state index is 10.6. The molecule has 0 bridgehead atoms. The number of hydrogen-bond acceptors (Lipinski definition) is 2. The summed E-state index contributed by atoms with van der Waals surface area (Å²) in [4.78, 5) is 10.6. The van der Waals surface area contributed by atoms with Crippen molar-refractivity contribution in [1.82, 2.24) is 0 Å². The first kappa shape index (κ1) is 8.18. The zero-order chi connectivity index (χ0) is 6.78. The third kappa shape index (κ3) is 2.48. The quantitative estimate of drug-likeness (QED) is 0.481. The van der Waals surface area contributed by atoms with Gasteiger partial charge in [-0.05, 0) is 0 Å². The molecule has 0 rings (SSSR count). The first-order chi connectivity index (χ1) is 3.48. The van der Waals surface area contributed by atoms with E-state index in [9.17, 15) is 4.79 Å². The first-order valence-corrected chi connectivity index (χ1v) is 3.00. The normalized spacial score (nSPS) is 10.8. The van der Waals surface area contributed by atoms with Gasteiger partial charge < -0.3 is 0 Å². The van der Waals surface area contributed by atoms with E-state index in [0.29, 0.717) is 0 Å². The van der Waals surface area contributed by atoms with Crippen LogP contribution in [0.25, 0.3) is 0 Å². The molecule has 45 valence electrons. The van der Waals surface area contributed by atoms with Crippen molar-refractivity contribution in [3.8, 4) is 0 Å². The molecule has 0 N–H and O–H groups in total. The van der Waals surface area contributed by atoms with E-state index in [1.165, 1.54) is 20.8 Å². The van der Waals surface area contributed by atoms with E-state index >= 15 is 0 Å². The van der Waals surface area contributed by atoms with Gasteiger partial charge in [0.25, 0.3) is 0 Å². The minimum atomic E-state index is -0.352. The molecule has 3 heteroatoms. The Kier molecular flexibility index (Phi) is 2.71. The van der Waals surface area contributed by atoms with Gasteiger partial charge in [0.15, 0.2) is 0 Å². The van der Waals surface area contributed by atoms with Crippen LogP contribution in [0.3, 0.4) is 0 Å². The molecule has 0 saturated heterocycles. The van der Waals surface area contributed by atoms with Crippen LogP contribution in [-0.2, 0) is 28.9 Å². The molecule has 0 aliphatic carbocycles. The van der Waals surface area contributed by atoms with Gasteiger partial charge in [-0.2, -0.15) is 0 Å². The molecule has 0 fully saturated rings. The second-order valence-corrected chi connectivity index (χ2v) is 2.96. The zero-order valence-electron chi connectivity index (χ0n) is 5.32. The Labute approximate surface area is 61.5 Å². The zero-order valence-corrected chi connectivity index (χ0v) is 6.88. The molecule has 0 saturated carbocycles. The fraction of sp³-hybridized carbons (Fsp3) is 0.800. The van der Waals surface area contributed by atoms with Crippen molar-refractivity contribution in [2.45, 2.75) is 20.8 Å². The van der Waals surface area contributed by atoms with Gasteiger partial charge in [-0.25, -0.2) is 0 Å². The summed E-state index contributed by atoms with van der Waals surface area (Å²) < 4.78 is 4.48. The molecule has 8 heavy (non-hydrogen) atoms. The van der Waals surface area contributed by atoms with Gasteiger partial charge in [0.1, 0.15) is 0 Å². The first-order valence-electron chi connectivity index (χ1n) is 2.36. The summed E-state index contributed by atoms with van der Waals surface area (Å²) in [5.41, 5.74) is -0.352. The molecule has 0 spiro atoms. The molecule has 0 atom stereocenters. The Hall–Kier alpha value is 0.184. The van der Waals surface area contributed by atoms with Gasteiger partial charge >= 0.3 is 61.1 Å². The van der Waals surface area contributed by atoms with Crippen LogP contribution < -0.4 is 0 Å². The number of hydrogen-bond donors (Lipinski definition) is 0. The summed E-state index contributed by atoms with van der Waals surface area (Å²) in [7, 11) is 0. The Morgan fingerprint density at radius 1 is 1.50 bits per heavy atom. The molecular weight excluding hydrogens is 140 g/mol. The number of carbonyl (C=O) groups excluding carboxylic acids is 1. The summed E-state index contributed by atoms with van der Waals surface area (Å²) >= 11 is 1.40. The molecule has 0 aliphatic rings. The van der Waals surface area contributed by atoms with Crippen LogP contribution in [-0.4, -0.2) is 5.97 Å². The Morgan fingerprint density at radius 2 is 1.88 bits per heavy atom. The third-order valence-electron chi connectivity index (χ3n) is 0.705. The molecule has 2 nitrogen and oxygen atoms in total. The standard InChI is InChI=1S/C5H10O2.Ti/c1-5(2,3)4(6)7;/h1-3H3,(H,6,7);/q;+1/p-1. The molecule has 0 radical (unpaired) electrons. The van der Waals surface area contributed by atoms with Crippen LogP contribution in [0.2, 0.25) is 0 Å². The van der Waals surface area contributed by atoms with Crippen LogP contribution >= 0.6 is 0 Å². The van der Waals surface area contributed by atoms with Gasteiger partial charge in [0.2, 0.25) is 0 Å². The van der Waals surface area contributed by atoms with Crippen molar-refractivity contribution in [3.05, 3.63) is 0 Å². The van der Waals surface area contributed by atoms with Crippen LogP contribution in [0.1, 0.15) is 20.8 Å². The molecule has 0 aromatic heterocycles. The molecule has 0 aromatic rings. The summed E-state index contributed by atoms with van der Waals surface area (Å²) in [6.45, 7) is 5.45. The topological polar surface area (TPSA) is 26.3 Å². The molecule has 0 heterocycles. The van der Waals surface area contributed by atoms with Gasteiger partial charge in [-0.1, -0.05) is 0 Å². The van der Waals surface area contributed by atoms with Crippen LogP contribution in [0.5, 0.6) is 0 Å². The van der Waals surface area contributed by atoms with Crippen molar-refractivity contribution >= 4 is 5.97 Å². The van der Waals surface area contributed by atoms with E-state index in [0.717, 1.165) is 0 Å². The van der Waals surface area contributed by atoms with Crippen molar-refractivity contribution in [3.63, 3.8) is 0 Å². The van der Waals surface area contributed by atoms with E-state index in [1.807, 2.05) is 20.8 Å². The fourth-order valence-corrected chi connectivity index (χ4v) is 0.631. The predicted molar refractivity (Wildman–Crippen MR) is 25.5 cm³/mol. The average molecular weight is 149 g/mol. The monoisotopic (exact) mass is 149 g/mol.